The molecule has 28 heavy (non-hydrogen) atoms. The van der Waals surface area contributed by atoms with Crippen molar-refractivity contribution in [2.45, 2.75) is 90.4 Å². The molecule has 0 aliphatic heterocycles. The molecule has 0 heterocycles. The van der Waals surface area contributed by atoms with Crippen molar-refractivity contribution >= 4 is 5.97 Å². The normalized spacial score (nSPS) is 50.9. The van der Waals surface area contributed by atoms with Gasteiger partial charge in [-0.3, -0.25) is 4.79 Å². The smallest absolute Gasteiger partial charge is 0.303 e. The molecule has 0 aromatic rings. The average molecular weight is 395 g/mol. The van der Waals surface area contributed by atoms with Crippen molar-refractivity contribution in [3.63, 3.8) is 0 Å². The summed E-state index contributed by atoms with van der Waals surface area (Å²) in [6.45, 7) is 6.83. The van der Waals surface area contributed by atoms with Gasteiger partial charge in [-0.1, -0.05) is 20.8 Å². The summed E-state index contributed by atoms with van der Waals surface area (Å²) in [5, 5.41) is 40.1. The van der Waals surface area contributed by atoms with Gasteiger partial charge in [-0.25, -0.2) is 0 Å². The van der Waals surface area contributed by atoms with Gasteiger partial charge in [0.05, 0.1) is 0 Å². The number of aliphatic hydroxyl groups excluding tert-OH is 1. The zero-order valence-corrected chi connectivity index (χ0v) is 17.6. The van der Waals surface area contributed by atoms with E-state index in [1.165, 1.54) is 6.42 Å². The van der Waals surface area contributed by atoms with Gasteiger partial charge in [-0.2, -0.15) is 0 Å². The zero-order chi connectivity index (χ0) is 20.5. The minimum Gasteiger partial charge on any atom is -0.481 e. The van der Waals surface area contributed by atoms with E-state index in [1.807, 2.05) is 0 Å². The topological polar surface area (TPSA) is 98.0 Å². The maximum Gasteiger partial charge on any atom is 0.303 e. The summed E-state index contributed by atoms with van der Waals surface area (Å²) in [6.07, 6.45) is 6.70. The van der Waals surface area contributed by atoms with Crippen molar-refractivity contribution in [2.24, 2.45) is 46.3 Å². The number of carbonyl (C=O) groups is 1. The first-order valence-corrected chi connectivity index (χ1v) is 11.3. The SMILES string of the molecule is C[C@H](CC(=O)O)[C@H]1CCC2C3CC[C@@H]4CC(O)(O)C(O)C[C@]4(C)C3CC[C@@]21C. The highest BCUT2D eigenvalue weighted by molar-refractivity contribution is 5.67. The third-order valence-corrected chi connectivity index (χ3v) is 10.0. The molecule has 4 unspecified atom stereocenters. The Morgan fingerprint density at radius 1 is 1.00 bits per heavy atom. The second-order valence-corrected chi connectivity index (χ2v) is 11.3. The van der Waals surface area contributed by atoms with Crippen LogP contribution in [0.4, 0.5) is 0 Å². The molecular formula is C23H38O5. The molecule has 0 aromatic carbocycles. The highest BCUT2D eigenvalue weighted by Crippen LogP contribution is 2.68. The quantitative estimate of drug-likeness (QED) is 0.550. The van der Waals surface area contributed by atoms with Crippen molar-refractivity contribution in [1.82, 2.24) is 0 Å². The molecule has 4 aliphatic carbocycles. The molecule has 5 nitrogen and oxygen atoms in total. The van der Waals surface area contributed by atoms with E-state index < -0.39 is 17.9 Å². The van der Waals surface area contributed by atoms with E-state index in [4.69, 9.17) is 0 Å². The lowest BCUT2D eigenvalue weighted by atomic mass is 9.44. The molecule has 4 saturated carbocycles. The first-order chi connectivity index (χ1) is 13.0. The monoisotopic (exact) mass is 394 g/mol. The fourth-order valence-corrected chi connectivity index (χ4v) is 8.66. The van der Waals surface area contributed by atoms with E-state index in [-0.39, 0.29) is 35.5 Å². The summed E-state index contributed by atoms with van der Waals surface area (Å²) >= 11 is 0. The van der Waals surface area contributed by atoms with E-state index in [2.05, 4.69) is 20.8 Å². The largest absolute Gasteiger partial charge is 0.481 e. The number of carboxylic acid groups (broad SMARTS) is 1. The Balaban J connectivity index is 1.57. The molecule has 0 saturated heterocycles. The predicted octanol–water partition coefficient (Wildman–Crippen LogP) is 3.41. The third kappa shape index (κ3) is 2.95. The fraction of sp³-hybridized carbons (Fsp3) is 0.957. The molecule has 4 aliphatic rings. The predicted molar refractivity (Wildman–Crippen MR) is 105 cm³/mol. The van der Waals surface area contributed by atoms with Crippen LogP contribution < -0.4 is 0 Å². The Labute approximate surface area is 168 Å². The Hall–Kier alpha value is -0.650. The molecule has 0 bridgehead atoms. The van der Waals surface area contributed by atoms with Gasteiger partial charge in [0.25, 0.3) is 0 Å². The maximum absolute atomic E-state index is 11.3. The van der Waals surface area contributed by atoms with Crippen LogP contribution in [0.1, 0.15) is 78.6 Å². The summed E-state index contributed by atoms with van der Waals surface area (Å²) < 4.78 is 0. The van der Waals surface area contributed by atoms with Crippen LogP contribution in [-0.2, 0) is 4.79 Å². The number of hydrogen-bond acceptors (Lipinski definition) is 4. The summed E-state index contributed by atoms with van der Waals surface area (Å²) in [5.41, 5.74) is 0.202. The van der Waals surface area contributed by atoms with Crippen molar-refractivity contribution in [1.29, 1.82) is 0 Å². The van der Waals surface area contributed by atoms with E-state index in [0.717, 1.165) is 32.1 Å². The van der Waals surface area contributed by atoms with E-state index in [0.29, 0.717) is 30.1 Å². The average Bonchev–Trinajstić information content (AvgIpc) is 2.93. The van der Waals surface area contributed by atoms with Crippen molar-refractivity contribution in [3.8, 4) is 0 Å². The second-order valence-electron chi connectivity index (χ2n) is 11.3. The van der Waals surface area contributed by atoms with Gasteiger partial charge >= 0.3 is 5.97 Å². The van der Waals surface area contributed by atoms with E-state index >= 15 is 0 Å². The van der Waals surface area contributed by atoms with Gasteiger partial charge in [-0.05, 0) is 91.3 Å². The minimum atomic E-state index is -1.94. The van der Waals surface area contributed by atoms with Gasteiger partial charge < -0.3 is 20.4 Å². The Bertz CT molecular complexity index is 632. The lowest BCUT2D eigenvalue weighted by molar-refractivity contribution is -0.284. The van der Waals surface area contributed by atoms with Crippen molar-refractivity contribution in [3.05, 3.63) is 0 Å². The van der Waals surface area contributed by atoms with Crippen molar-refractivity contribution < 1.29 is 25.2 Å². The third-order valence-electron chi connectivity index (χ3n) is 10.0. The Morgan fingerprint density at radius 2 is 1.68 bits per heavy atom. The summed E-state index contributed by atoms with van der Waals surface area (Å²) in [7, 11) is 0. The molecule has 5 heteroatoms. The molecular weight excluding hydrogens is 356 g/mol. The molecule has 0 radical (unpaired) electrons. The molecule has 4 rings (SSSR count). The van der Waals surface area contributed by atoms with Crippen LogP contribution >= 0.6 is 0 Å². The minimum absolute atomic E-state index is 0.0244. The fourth-order valence-electron chi connectivity index (χ4n) is 8.66. The number of carboxylic acids is 1. The summed E-state index contributed by atoms with van der Waals surface area (Å²) in [6, 6.07) is 0. The molecule has 160 valence electrons. The van der Waals surface area contributed by atoms with Gasteiger partial charge in [0.15, 0.2) is 5.79 Å². The van der Waals surface area contributed by atoms with Crippen LogP contribution in [0.15, 0.2) is 0 Å². The van der Waals surface area contributed by atoms with Crippen LogP contribution in [0.25, 0.3) is 0 Å². The van der Waals surface area contributed by atoms with Crippen molar-refractivity contribution in [2.75, 3.05) is 0 Å². The summed E-state index contributed by atoms with van der Waals surface area (Å²) in [5.74, 6) is 0.135. The molecule has 4 fully saturated rings. The Kier molecular flexibility index (Phi) is 4.92. The zero-order valence-electron chi connectivity index (χ0n) is 17.6. The standard InChI is InChI=1S/C23H38O5/c1-13(10-20(25)26)16-6-7-17-15-5-4-14-11-23(27,28)19(24)12-22(14,3)18(15)8-9-21(16,17)2/h13-19,24,27-28H,4-12H2,1-3H3,(H,25,26)/t13-,14-,15?,16-,17?,18?,19?,21-,22+/m1/s1. The first-order valence-electron chi connectivity index (χ1n) is 11.3. The maximum atomic E-state index is 11.3. The van der Waals surface area contributed by atoms with Crippen LogP contribution in [0.2, 0.25) is 0 Å². The molecule has 0 aromatic heterocycles. The molecule has 4 N–H and O–H groups in total. The second kappa shape index (κ2) is 6.68. The lowest BCUT2D eigenvalue weighted by Gasteiger charge is -2.62. The molecule has 0 spiro atoms. The molecule has 0 amide bonds. The number of fused-ring (bicyclic) bond motifs is 5. The first kappa shape index (κ1) is 20.6. The van der Waals surface area contributed by atoms with Crippen LogP contribution in [0.5, 0.6) is 0 Å². The van der Waals surface area contributed by atoms with Gasteiger partial charge in [0.2, 0.25) is 0 Å². The number of aliphatic hydroxyl groups is 3. The number of rotatable bonds is 3. The van der Waals surface area contributed by atoms with E-state index in [9.17, 15) is 25.2 Å². The number of aliphatic carboxylic acids is 1. The van der Waals surface area contributed by atoms with Crippen LogP contribution in [-0.4, -0.2) is 38.3 Å². The van der Waals surface area contributed by atoms with Gasteiger partial charge in [0, 0.05) is 12.8 Å². The summed E-state index contributed by atoms with van der Waals surface area (Å²) in [4.78, 5) is 11.3. The lowest BCUT2D eigenvalue weighted by Crippen LogP contribution is -2.60. The van der Waals surface area contributed by atoms with Crippen LogP contribution in [0, 0.1) is 46.3 Å². The van der Waals surface area contributed by atoms with E-state index in [1.54, 1.807) is 0 Å². The Morgan fingerprint density at radius 3 is 2.36 bits per heavy atom. The van der Waals surface area contributed by atoms with Crippen LogP contribution in [0.3, 0.4) is 0 Å². The number of hydrogen-bond donors (Lipinski definition) is 4. The molecule has 9 atom stereocenters. The highest BCUT2D eigenvalue weighted by Gasteiger charge is 2.63. The highest BCUT2D eigenvalue weighted by atomic mass is 16.5. The van der Waals surface area contributed by atoms with Gasteiger partial charge in [-0.15, -0.1) is 0 Å². The van der Waals surface area contributed by atoms with Gasteiger partial charge in [0.1, 0.15) is 6.10 Å².